The third kappa shape index (κ3) is 5.89. The maximum Gasteiger partial charge on any atom is 1.00 e. The molecule has 0 atom stereocenters. The minimum Gasteiger partial charge on any atom is -1.00 e. The molecule has 0 aliphatic carbocycles. The van der Waals surface area contributed by atoms with Gasteiger partial charge in [0.2, 0.25) is 0 Å². The van der Waals surface area contributed by atoms with E-state index in [2.05, 4.69) is 0 Å². The number of rotatable bonds is 6. The third-order valence-electron chi connectivity index (χ3n) is 3.41. The van der Waals surface area contributed by atoms with Crippen molar-refractivity contribution in [2.75, 3.05) is 0 Å². The molecule has 0 amide bonds. The smallest absolute Gasteiger partial charge is 1.00 e. The van der Waals surface area contributed by atoms with Crippen molar-refractivity contribution < 1.29 is 66.8 Å². The van der Waals surface area contributed by atoms with Gasteiger partial charge >= 0.3 is 51.1 Å². The van der Waals surface area contributed by atoms with Crippen molar-refractivity contribution >= 4 is 43.8 Å². The topological polar surface area (TPSA) is 195 Å². The number of hydrogen-bond acceptors (Lipinski definition) is 8. The molecule has 29 heavy (non-hydrogen) atoms. The van der Waals surface area contributed by atoms with Gasteiger partial charge in [-0.05, 0) is 23.8 Å². The van der Waals surface area contributed by atoms with E-state index < -0.39 is 56.8 Å². The Morgan fingerprint density at radius 3 is 1.79 bits per heavy atom. The first kappa shape index (κ1) is 24.8. The van der Waals surface area contributed by atoms with Crippen molar-refractivity contribution in [1.82, 2.24) is 0 Å². The SMILES string of the molecule is O=[N+]([O-])c1ccc(C=Cc2ccc(S(=O)(=O)O)cc2)c(S(=O)(=O)O)c1[N+](=O)[O-].[H-].[Na+]. The van der Waals surface area contributed by atoms with Gasteiger partial charge in [0.1, 0.15) is 0 Å². The summed E-state index contributed by atoms with van der Waals surface area (Å²) in [6.07, 6.45) is 2.25. The normalized spacial score (nSPS) is 11.8. The van der Waals surface area contributed by atoms with E-state index in [-0.39, 0.29) is 31.0 Å². The molecule has 2 rings (SSSR count). The molecule has 150 valence electrons. The Morgan fingerprint density at radius 2 is 1.38 bits per heavy atom. The summed E-state index contributed by atoms with van der Waals surface area (Å²) in [5.41, 5.74) is -2.61. The van der Waals surface area contributed by atoms with Gasteiger partial charge in [-0.3, -0.25) is 29.3 Å². The molecule has 12 nitrogen and oxygen atoms in total. The summed E-state index contributed by atoms with van der Waals surface area (Å²) < 4.78 is 63.5. The number of nitro groups is 2. The van der Waals surface area contributed by atoms with E-state index in [1.165, 1.54) is 18.2 Å². The molecule has 15 heteroatoms. The summed E-state index contributed by atoms with van der Waals surface area (Å²) in [4.78, 5) is 18.0. The Kier molecular flexibility index (Phi) is 7.78. The van der Waals surface area contributed by atoms with Crippen LogP contribution in [0, 0.1) is 20.2 Å². The van der Waals surface area contributed by atoms with Gasteiger partial charge in [-0.2, -0.15) is 16.8 Å². The van der Waals surface area contributed by atoms with Crippen LogP contribution in [0.25, 0.3) is 12.2 Å². The molecular weight excluding hydrogens is 443 g/mol. The number of benzene rings is 2. The van der Waals surface area contributed by atoms with E-state index in [0.29, 0.717) is 11.6 Å². The van der Waals surface area contributed by atoms with Crippen molar-refractivity contribution in [1.29, 1.82) is 0 Å². The molecule has 0 bridgehead atoms. The molecule has 0 aromatic heterocycles. The Hall–Kier alpha value is -2.20. The predicted molar refractivity (Wildman–Crippen MR) is 95.9 cm³/mol. The van der Waals surface area contributed by atoms with Gasteiger partial charge in [-0.15, -0.1) is 0 Å². The Balaban J connectivity index is 0.00000420. The van der Waals surface area contributed by atoms with Gasteiger partial charge in [-0.25, -0.2) is 0 Å². The summed E-state index contributed by atoms with van der Waals surface area (Å²) >= 11 is 0. The van der Waals surface area contributed by atoms with E-state index in [4.69, 9.17) is 4.55 Å². The van der Waals surface area contributed by atoms with E-state index in [1.54, 1.807) is 0 Å². The second-order valence-electron chi connectivity index (χ2n) is 5.22. The summed E-state index contributed by atoms with van der Waals surface area (Å²) in [7, 11) is -9.62. The molecule has 2 aromatic carbocycles. The largest absolute Gasteiger partial charge is 1.00 e. The Morgan fingerprint density at radius 1 is 0.828 bits per heavy atom. The van der Waals surface area contributed by atoms with Crippen LogP contribution in [0.4, 0.5) is 11.4 Å². The monoisotopic (exact) mass is 454 g/mol. The van der Waals surface area contributed by atoms with Crippen LogP contribution in [0.3, 0.4) is 0 Å². The maximum atomic E-state index is 11.6. The second kappa shape index (κ2) is 9.08. The quantitative estimate of drug-likeness (QED) is 0.185. The molecule has 0 unspecified atom stereocenters. The van der Waals surface area contributed by atoms with Crippen LogP contribution >= 0.6 is 0 Å². The molecule has 2 N–H and O–H groups in total. The maximum absolute atomic E-state index is 11.6. The van der Waals surface area contributed by atoms with Crippen molar-refractivity contribution in [3.05, 3.63) is 67.8 Å². The number of nitrogens with zero attached hydrogens (tertiary/aromatic N) is 2. The number of nitro benzene ring substituents is 2. The third-order valence-corrected chi connectivity index (χ3v) is 5.22. The summed E-state index contributed by atoms with van der Waals surface area (Å²) in [5, 5.41) is 22.1. The van der Waals surface area contributed by atoms with Crippen molar-refractivity contribution in [2.24, 2.45) is 0 Å². The fraction of sp³-hybridized carbons (Fsp3) is 0. The van der Waals surface area contributed by atoms with E-state index in [9.17, 15) is 41.6 Å². The van der Waals surface area contributed by atoms with Crippen LogP contribution in [-0.4, -0.2) is 35.8 Å². The minimum absolute atomic E-state index is 0. The number of hydrogen-bond donors (Lipinski definition) is 2. The van der Waals surface area contributed by atoms with Crippen LogP contribution in [0.2, 0.25) is 0 Å². The van der Waals surface area contributed by atoms with Gasteiger partial charge in [0.15, 0.2) is 4.90 Å². The molecule has 2 aromatic rings. The van der Waals surface area contributed by atoms with E-state index >= 15 is 0 Å². The van der Waals surface area contributed by atoms with E-state index in [1.807, 2.05) is 0 Å². The van der Waals surface area contributed by atoms with Gasteiger partial charge < -0.3 is 1.43 Å². The zero-order valence-corrected chi connectivity index (χ0v) is 18.1. The first-order valence-corrected chi connectivity index (χ1v) is 9.89. The van der Waals surface area contributed by atoms with Gasteiger partial charge in [0.25, 0.3) is 10.1 Å². The van der Waals surface area contributed by atoms with Crippen molar-refractivity contribution in [3.8, 4) is 0 Å². The van der Waals surface area contributed by atoms with Gasteiger partial charge in [0, 0.05) is 11.6 Å². The molecule has 0 saturated carbocycles. The van der Waals surface area contributed by atoms with Gasteiger partial charge in [0.05, 0.1) is 14.7 Å². The van der Waals surface area contributed by atoms with Crippen molar-refractivity contribution in [3.63, 3.8) is 0 Å². The molecule has 0 heterocycles. The van der Waals surface area contributed by atoms with Crippen LogP contribution in [0.1, 0.15) is 12.6 Å². The molecule has 0 aliphatic heterocycles. The fourth-order valence-electron chi connectivity index (χ4n) is 2.24. The Bertz CT molecular complexity index is 1210. The molecular formula is C14H11N2NaO10S2. The van der Waals surface area contributed by atoms with Crippen molar-refractivity contribution in [2.45, 2.75) is 9.79 Å². The van der Waals surface area contributed by atoms with Crippen LogP contribution in [0.5, 0.6) is 0 Å². The van der Waals surface area contributed by atoms with E-state index in [0.717, 1.165) is 24.3 Å². The minimum atomic E-state index is -5.21. The molecule has 0 radical (unpaired) electrons. The first-order chi connectivity index (χ1) is 12.8. The van der Waals surface area contributed by atoms with Gasteiger partial charge in [-0.1, -0.05) is 24.3 Å². The molecule has 0 aliphatic rings. The Labute approximate surface area is 187 Å². The summed E-state index contributed by atoms with van der Waals surface area (Å²) in [5.74, 6) is 0. The van der Waals surface area contributed by atoms with Crippen LogP contribution in [-0.2, 0) is 20.2 Å². The summed E-state index contributed by atoms with van der Waals surface area (Å²) in [6, 6.07) is 6.21. The molecule has 0 saturated heterocycles. The summed E-state index contributed by atoms with van der Waals surface area (Å²) in [6.45, 7) is 0. The average molecular weight is 454 g/mol. The zero-order valence-electron chi connectivity index (χ0n) is 15.5. The average Bonchev–Trinajstić information content (AvgIpc) is 2.57. The second-order valence-corrected chi connectivity index (χ2v) is 8.00. The fourth-order valence-corrected chi connectivity index (χ4v) is 3.58. The van der Waals surface area contributed by atoms with Crippen LogP contribution in [0.15, 0.2) is 46.2 Å². The predicted octanol–water partition coefficient (Wildman–Crippen LogP) is -0.717. The first-order valence-electron chi connectivity index (χ1n) is 7.01. The van der Waals surface area contributed by atoms with Crippen LogP contribution < -0.4 is 29.6 Å². The zero-order chi connectivity index (χ0) is 21.3. The molecule has 0 spiro atoms. The molecule has 0 fully saturated rings. The standard InChI is InChI=1S/C14H10N2O10S2.Na.H/c17-15(18)12-8-5-10(14(28(24,25)26)13(12)16(19)20)4-1-9-2-6-11(7-3-9)27(21,22)23;;/h1-8H,(H,21,22,23)(H,24,25,26);;/q;+1;-1.